The molecule has 0 bridgehead atoms. The maximum atomic E-state index is 12.9. The molecule has 1 aromatic carbocycles. The maximum absolute atomic E-state index is 12.9. The van der Waals surface area contributed by atoms with E-state index in [4.69, 9.17) is 0 Å². The highest BCUT2D eigenvalue weighted by Gasteiger charge is 2.30. The summed E-state index contributed by atoms with van der Waals surface area (Å²) in [7, 11) is 0. The van der Waals surface area contributed by atoms with Crippen LogP contribution in [0, 0.1) is 11.3 Å². The summed E-state index contributed by atoms with van der Waals surface area (Å²) in [5, 5.41) is 0.994. The van der Waals surface area contributed by atoms with Gasteiger partial charge in [-0.2, -0.15) is 0 Å². The van der Waals surface area contributed by atoms with E-state index in [1.165, 1.54) is 0 Å². The summed E-state index contributed by atoms with van der Waals surface area (Å²) in [6.45, 7) is 7.62. The number of Topliss-reactive ketones (excluding diaryl/α,β-unsaturated/α-hetero) is 1. The molecule has 0 radical (unpaired) electrons. The van der Waals surface area contributed by atoms with Crippen molar-refractivity contribution >= 4 is 22.6 Å². The predicted molar refractivity (Wildman–Crippen MR) is 96.0 cm³/mol. The van der Waals surface area contributed by atoms with Gasteiger partial charge in [0.15, 0.2) is 5.78 Å². The lowest BCUT2D eigenvalue weighted by molar-refractivity contribution is -0.134. The van der Waals surface area contributed by atoms with Crippen LogP contribution in [0.3, 0.4) is 0 Å². The molecule has 1 saturated heterocycles. The number of benzene rings is 1. The number of amides is 1. The maximum Gasteiger partial charge on any atom is 0.223 e. The molecule has 4 nitrogen and oxygen atoms in total. The van der Waals surface area contributed by atoms with Crippen molar-refractivity contribution in [2.75, 3.05) is 13.1 Å². The number of carbonyl (C=O) groups excluding carboxylic acids is 2. The van der Waals surface area contributed by atoms with Gasteiger partial charge in [-0.1, -0.05) is 39.0 Å². The monoisotopic (exact) mass is 326 g/mol. The van der Waals surface area contributed by atoms with Crippen LogP contribution in [0.1, 0.15) is 50.4 Å². The van der Waals surface area contributed by atoms with Crippen LogP contribution in [0.5, 0.6) is 0 Å². The highest BCUT2D eigenvalue weighted by atomic mass is 16.2. The molecule has 2 heterocycles. The number of ketones is 1. The average molecular weight is 326 g/mol. The van der Waals surface area contributed by atoms with Crippen LogP contribution in [-0.2, 0) is 4.79 Å². The van der Waals surface area contributed by atoms with Gasteiger partial charge in [0, 0.05) is 48.1 Å². The van der Waals surface area contributed by atoms with Crippen LogP contribution in [0.4, 0.5) is 0 Å². The highest BCUT2D eigenvalue weighted by Crippen LogP contribution is 2.27. The number of piperidine rings is 1. The van der Waals surface area contributed by atoms with Crippen molar-refractivity contribution in [3.05, 3.63) is 36.0 Å². The molecule has 1 amide bonds. The number of nitrogens with one attached hydrogen (secondary N) is 1. The van der Waals surface area contributed by atoms with Crippen molar-refractivity contribution in [1.29, 1.82) is 0 Å². The molecule has 3 rings (SSSR count). The number of hydrogen-bond acceptors (Lipinski definition) is 2. The first kappa shape index (κ1) is 16.7. The van der Waals surface area contributed by atoms with Crippen molar-refractivity contribution in [3.63, 3.8) is 0 Å². The number of aromatic amines is 1. The second kappa shape index (κ2) is 6.42. The van der Waals surface area contributed by atoms with Gasteiger partial charge in [0.25, 0.3) is 0 Å². The van der Waals surface area contributed by atoms with Crippen LogP contribution in [0.25, 0.3) is 10.9 Å². The molecule has 1 N–H and O–H groups in total. The lowest BCUT2D eigenvalue weighted by Gasteiger charge is -2.33. The number of H-pyrrole nitrogens is 1. The lowest BCUT2D eigenvalue weighted by Crippen LogP contribution is -2.41. The molecule has 4 heteroatoms. The van der Waals surface area contributed by atoms with E-state index in [-0.39, 0.29) is 23.0 Å². The molecule has 1 fully saturated rings. The topological polar surface area (TPSA) is 53.2 Å². The van der Waals surface area contributed by atoms with Gasteiger partial charge in [-0.15, -0.1) is 0 Å². The third kappa shape index (κ3) is 3.53. The zero-order chi connectivity index (χ0) is 17.3. The first-order chi connectivity index (χ1) is 11.3. The molecule has 0 unspecified atom stereocenters. The van der Waals surface area contributed by atoms with Gasteiger partial charge in [0.1, 0.15) is 0 Å². The molecule has 0 atom stereocenters. The van der Waals surface area contributed by atoms with Gasteiger partial charge in [0.2, 0.25) is 5.91 Å². The van der Waals surface area contributed by atoms with E-state index in [1.54, 1.807) is 0 Å². The summed E-state index contributed by atoms with van der Waals surface area (Å²) in [6, 6.07) is 7.90. The van der Waals surface area contributed by atoms with E-state index in [2.05, 4.69) is 25.8 Å². The molecular weight excluding hydrogens is 300 g/mol. The van der Waals surface area contributed by atoms with E-state index in [0.717, 1.165) is 29.3 Å². The Kier molecular flexibility index (Phi) is 4.48. The zero-order valence-electron chi connectivity index (χ0n) is 14.8. The lowest BCUT2D eigenvalue weighted by atomic mass is 9.87. The number of aromatic nitrogens is 1. The third-order valence-corrected chi connectivity index (χ3v) is 4.75. The van der Waals surface area contributed by atoms with Crippen LogP contribution in [0.2, 0.25) is 0 Å². The summed E-state index contributed by atoms with van der Waals surface area (Å²) >= 11 is 0. The number of fused-ring (bicyclic) bond motifs is 1. The standard InChI is InChI=1S/C20H26N2O2/c1-20(2,3)12-18(23)22-10-8-14(9-11-22)19(24)16-13-21-17-7-5-4-6-15(16)17/h4-7,13-14,21H,8-12H2,1-3H3. The normalized spacial score (nSPS) is 16.5. The highest BCUT2D eigenvalue weighted by molar-refractivity contribution is 6.08. The largest absolute Gasteiger partial charge is 0.360 e. The second-order valence-electron chi connectivity index (χ2n) is 8.00. The van der Waals surface area contributed by atoms with Crippen molar-refractivity contribution in [2.24, 2.45) is 11.3 Å². The molecule has 1 aliphatic heterocycles. The number of likely N-dealkylation sites (tertiary alicyclic amines) is 1. The third-order valence-electron chi connectivity index (χ3n) is 4.75. The Morgan fingerprint density at radius 2 is 1.83 bits per heavy atom. The number of nitrogens with zero attached hydrogens (tertiary/aromatic N) is 1. The van der Waals surface area contributed by atoms with Crippen molar-refractivity contribution in [2.45, 2.75) is 40.0 Å². The molecule has 0 spiro atoms. The van der Waals surface area contributed by atoms with E-state index < -0.39 is 0 Å². The number of para-hydroxylation sites is 1. The Balaban J connectivity index is 1.64. The summed E-state index contributed by atoms with van der Waals surface area (Å²) in [5.41, 5.74) is 1.79. The summed E-state index contributed by atoms with van der Waals surface area (Å²) in [4.78, 5) is 30.3. The minimum absolute atomic E-state index is 0.00773. The molecule has 0 saturated carbocycles. The fourth-order valence-electron chi connectivity index (χ4n) is 3.45. The average Bonchev–Trinajstić information content (AvgIpc) is 2.97. The molecule has 1 aliphatic rings. The minimum Gasteiger partial charge on any atom is -0.360 e. The number of hydrogen-bond donors (Lipinski definition) is 1. The zero-order valence-corrected chi connectivity index (χ0v) is 14.8. The fraction of sp³-hybridized carbons (Fsp3) is 0.500. The van der Waals surface area contributed by atoms with Gasteiger partial charge in [-0.05, 0) is 24.3 Å². The van der Waals surface area contributed by atoms with Crippen LogP contribution < -0.4 is 0 Å². The van der Waals surface area contributed by atoms with Crippen LogP contribution in [-0.4, -0.2) is 34.7 Å². The first-order valence-electron chi connectivity index (χ1n) is 8.73. The molecule has 128 valence electrons. The fourth-order valence-corrected chi connectivity index (χ4v) is 3.45. The van der Waals surface area contributed by atoms with E-state index >= 15 is 0 Å². The molecular formula is C20H26N2O2. The Morgan fingerprint density at radius 3 is 2.50 bits per heavy atom. The van der Waals surface area contributed by atoms with E-state index in [0.29, 0.717) is 19.5 Å². The summed E-state index contributed by atoms with van der Waals surface area (Å²) < 4.78 is 0. The number of carbonyl (C=O) groups is 2. The van der Waals surface area contributed by atoms with Crippen LogP contribution in [0.15, 0.2) is 30.5 Å². The quantitative estimate of drug-likeness (QED) is 0.866. The SMILES string of the molecule is CC(C)(C)CC(=O)N1CCC(C(=O)c2c[nH]c3ccccc23)CC1. The predicted octanol–water partition coefficient (Wildman–Crippen LogP) is 4.03. The van der Waals surface area contributed by atoms with Crippen molar-refractivity contribution in [3.8, 4) is 0 Å². The smallest absolute Gasteiger partial charge is 0.223 e. The molecule has 1 aromatic heterocycles. The Bertz CT molecular complexity index is 746. The van der Waals surface area contributed by atoms with Gasteiger partial charge in [-0.3, -0.25) is 9.59 Å². The van der Waals surface area contributed by atoms with Crippen LogP contribution >= 0.6 is 0 Å². The van der Waals surface area contributed by atoms with Crippen molar-refractivity contribution < 1.29 is 9.59 Å². The summed E-state index contributed by atoms with van der Waals surface area (Å²) in [6.07, 6.45) is 3.90. The molecule has 0 aliphatic carbocycles. The first-order valence-corrected chi connectivity index (χ1v) is 8.73. The van der Waals surface area contributed by atoms with Gasteiger partial charge in [-0.25, -0.2) is 0 Å². The van der Waals surface area contributed by atoms with E-state index in [9.17, 15) is 9.59 Å². The molecule has 24 heavy (non-hydrogen) atoms. The second-order valence-corrected chi connectivity index (χ2v) is 8.00. The van der Waals surface area contributed by atoms with Gasteiger partial charge >= 0.3 is 0 Å². The van der Waals surface area contributed by atoms with Gasteiger partial charge < -0.3 is 9.88 Å². The van der Waals surface area contributed by atoms with Crippen molar-refractivity contribution in [1.82, 2.24) is 9.88 Å². The minimum atomic E-state index is 0.00773. The Morgan fingerprint density at radius 1 is 1.17 bits per heavy atom. The Labute approximate surface area is 143 Å². The Hall–Kier alpha value is -2.10. The van der Waals surface area contributed by atoms with E-state index in [1.807, 2.05) is 35.4 Å². The molecule has 2 aromatic rings. The summed E-state index contributed by atoms with van der Waals surface area (Å²) in [5.74, 6) is 0.429. The number of rotatable bonds is 3. The van der Waals surface area contributed by atoms with Gasteiger partial charge in [0.05, 0.1) is 0 Å².